The van der Waals surface area contributed by atoms with Gasteiger partial charge in [-0.2, -0.15) is 18.4 Å². The maximum absolute atomic E-state index is 13.4. The van der Waals surface area contributed by atoms with E-state index in [0.29, 0.717) is 28.7 Å². The number of amides is 2. The molecule has 32 heavy (non-hydrogen) atoms. The number of nitrogens with zero attached hydrogens (tertiary/aromatic N) is 4. The molecule has 12 heteroatoms. The Balaban J connectivity index is 2.06. The third-order valence-corrected chi connectivity index (χ3v) is 5.60. The molecule has 0 unspecified atom stereocenters. The summed E-state index contributed by atoms with van der Waals surface area (Å²) in [4.78, 5) is 29.7. The summed E-state index contributed by atoms with van der Waals surface area (Å²) in [6.07, 6.45) is -3.31. The van der Waals surface area contributed by atoms with E-state index in [-0.39, 0.29) is 17.3 Å². The molecule has 7 nitrogen and oxygen atoms in total. The van der Waals surface area contributed by atoms with E-state index < -0.39 is 28.9 Å². The van der Waals surface area contributed by atoms with Crippen molar-refractivity contribution in [3.63, 3.8) is 0 Å². The number of alkyl halides is 3. The Hall–Kier alpha value is -3.23. The molecule has 0 atom stereocenters. The van der Waals surface area contributed by atoms with Crippen molar-refractivity contribution in [2.45, 2.75) is 32.1 Å². The van der Waals surface area contributed by atoms with Crippen molar-refractivity contribution in [1.29, 1.82) is 5.26 Å². The SMILES string of the molecule is CC1(C)C(=O)N(c2cnc(C#N)c(C(F)(F)F)c2)C(=S)N1c1ccc(CNC=O)c(Cl)c1. The number of hydrogen-bond donors (Lipinski definition) is 1. The van der Waals surface area contributed by atoms with Gasteiger partial charge in [0.05, 0.1) is 17.4 Å². The van der Waals surface area contributed by atoms with Gasteiger partial charge in [-0.1, -0.05) is 17.7 Å². The minimum atomic E-state index is -4.84. The lowest BCUT2D eigenvalue weighted by molar-refractivity contribution is -0.138. The summed E-state index contributed by atoms with van der Waals surface area (Å²) < 4.78 is 40.1. The molecule has 0 bridgehead atoms. The fourth-order valence-corrected chi connectivity index (χ4v) is 4.07. The number of rotatable bonds is 5. The molecule has 1 fully saturated rings. The molecule has 0 aliphatic carbocycles. The van der Waals surface area contributed by atoms with Crippen LogP contribution in [-0.2, 0) is 22.3 Å². The maximum atomic E-state index is 13.4. The van der Waals surface area contributed by atoms with Crippen molar-refractivity contribution in [2.75, 3.05) is 9.80 Å². The largest absolute Gasteiger partial charge is 0.419 e. The van der Waals surface area contributed by atoms with Crippen molar-refractivity contribution in [3.05, 3.63) is 52.3 Å². The van der Waals surface area contributed by atoms with E-state index in [1.165, 1.54) is 11.0 Å². The van der Waals surface area contributed by atoms with Crippen LogP contribution in [0.15, 0.2) is 30.5 Å². The van der Waals surface area contributed by atoms with Crippen LogP contribution in [0.1, 0.15) is 30.7 Å². The second-order valence-electron chi connectivity index (χ2n) is 7.29. The molecule has 3 rings (SSSR count). The number of benzene rings is 1. The third kappa shape index (κ3) is 3.99. The maximum Gasteiger partial charge on any atom is 0.419 e. The first-order valence-electron chi connectivity index (χ1n) is 9.05. The van der Waals surface area contributed by atoms with Gasteiger partial charge in [-0.25, -0.2) is 4.98 Å². The Kier molecular flexibility index (Phi) is 6.13. The van der Waals surface area contributed by atoms with Gasteiger partial charge < -0.3 is 10.2 Å². The van der Waals surface area contributed by atoms with Gasteiger partial charge in [-0.15, -0.1) is 0 Å². The highest BCUT2D eigenvalue weighted by molar-refractivity contribution is 7.81. The minimum Gasteiger partial charge on any atom is -0.355 e. The van der Waals surface area contributed by atoms with Gasteiger partial charge in [0.2, 0.25) is 6.41 Å². The van der Waals surface area contributed by atoms with E-state index in [1.54, 1.807) is 32.0 Å². The van der Waals surface area contributed by atoms with Crippen molar-refractivity contribution >= 4 is 52.6 Å². The van der Waals surface area contributed by atoms with Crippen LogP contribution in [0.2, 0.25) is 5.02 Å². The van der Waals surface area contributed by atoms with Crippen LogP contribution in [0.25, 0.3) is 0 Å². The predicted molar refractivity (Wildman–Crippen MR) is 115 cm³/mol. The van der Waals surface area contributed by atoms with Gasteiger partial charge in [0.1, 0.15) is 11.6 Å². The first kappa shape index (κ1) is 23.4. The van der Waals surface area contributed by atoms with Crippen molar-refractivity contribution in [1.82, 2.24) is 10.3 Å². The van der Waals surface area contributed by atoms with Crippen LogP contribution >= 0.6 is 23.8 Å². The monoisotopic (exact) mass is 481 g/mol. The number of halogens is 4. The summed E-state index contributed by atoms with van der Waals surface area (Å²) in [7, 11) is 0. The minimum absolute atomic E-state index is 0.0746. The number of pyridine rings is 1. The third-order valence-electron chi connectivity index (χ3n) is 4.88. The molecule has 2 aromatic rings. The van der Waals surface area contributed by atoms with E-state index in [0.717, 1.165) is 11.1 Å². The average Bonchev–Trinajstić information content (AvgIpc) is 2.90. The summed E-state index contributed by atoms with van der Waals surface area (Å²) in [6, 6.07) is 6.90. The Morgan fingerprint density at radius 2 is 2.00 bits per heavy atom. The highest BCUT2D eigenvalue weighted by Gasteiger charge is 2.51. The van der Waals surface area contributed by atoms with E-state index in [4.69, 9.17) is 29.1 Å². The van der Waals surface area contributed by atoms with Crippen molar-refractivity contribution in [2.24, 2.45) is 0 Å². The van der Waals surface area contributed by atoms with Gasteiger partial charge in [0.25, 0.3) is 5.91 Å². The van der Waals surface area contributed by atoms with E-state index >= 15 is 0 Å². The van der Waals surface area contributed by atoms with Crippen molar-refractivity contribution in [3.8, 4) is 6.07 Å². The fourth-order valence-electron chi connectivity index (χ4n) is 3.31. The zero-order valence-corrected chi connectivity index (χ0v) is 18.3. The van der Waals surface area contributed by atoms with Gasteiger partial charge in [-0.05, 0) is 49.8 Å². The van der Waals surface area contributed by atoms with Crippen LogP contribution in [-0.4, -0.2) is 28.0 Å². The molecular formula is C20H15ClF3N5O2S. The van der Waals surface area contributed by atoms with E-state index in [9.17, 15) is 22.8 Å². The molecule has 0 radical (unpaired) electrons. The number of nitriles is 1. The normalized spacial score (nSPS) is 15.7. The Labute approximate surface area is 191 Å². The molecule has 0 saturated carbocycles. The number of thiocarbonyl (C=S) groups is 1. The molecule has 2 amide bonds. The molecule has 166 valence electrons. The number of hydrogen-bond acceptors (Lipinski definition) is 5. The van der Waals surface area contributed by atoms with Crippen LogP contribution in [0, 0.1) is 11.3 Å². The summed E-state index contributed by atoms with van der Waals surface area (Å²) in [5, 5.41) is 11.7. The highest BCUT2D eigenvalue weighted by atomic mass is 35.5. The molecule has 0 spiro atoms. The van der Waals surface area contributed by atoms with Crippen LogP contribution < -0.4 is 15.1 Å². The molecular weight excluding hydrogens is 467 g/mol. The number of anilines is 2. The molecule has 1 aromatic carbocycles. The first-order chi connectivity index (χ1) is 14.9. The zero-order chi connectivity index (χ0) is 23.8. The summed E-state index contributed by atoms with van der Waals surface area (Å²) in [6.45, 7) is 3.33. The molecule has 1 aliphatic rings. The fraction of sp³-hybridized carbons (Fsp3) is 0.250. The Morgan fingerprint density at radius 3 is 2.56 bits per heavy atom. The summed E-state index contributed by atoms with van der Waals surface area (Å²) in [5.41, 5.74) is -2.47. The Morgan fingerprint density at radius 1 is 1.31 bits per heavy atom. The highest BCUT2D eigenvalue weighted by Crippen LogP contribution is 2.39. The van der Waals surface area contributed by atoms with E-state index in [2.05, 4.69) is 10.3 Å². The first-order valence-corrected chi connectivity index (χ1v) is 9.83. The smallest absolute Gasteiger partial charge is 0.355 e. The number of carbonyl (C=O) groups is 2. The molecule has 1 aromatic heterocycles. The van der Waals surface area contributed by atoms with Crippen molar-refractivity contribution < 1.29 is 22.8 Å². The second kappa shape index (κ2) is 8.37. The number of nitrogens with one attached hydrogen (secondary N) is 1. The molecule has 1 N–H and O–H groups in total. The van der Waals surface area contributed by atoms with Gasteiger partial charge >= 0.3 is 6.18 Å². The predicted octanol–water partition coefficient (Wildman–Crippen LogP) is 3.79. The number of aromatic nitrogens is 1. The summed E-state index contributed by atoms with van der Waals surface area (Å²) in [5.74, 6) is -0.579. The lowest BCUT2D eigenvalue weighted by Gasteiger charge is -2.29. The van der Waals surface area contributed by atoms with Gasteiger partial charge in [0.15, 0.2) is 10.8 Å². The second-order valence-corrected chi connectivity index (χ2v) is 8.06. The molecule has 2 heterocycles. The zero-order valence-electron chi connectivity index (χ0n) is 16.7. The van der Waals surface area contributed by atoms with Gasteiger partial charge in [-0.3, -0.25) is 14.5 Å². The van der Waals surface area contributed by atoms with E-state index in [1.807, 2.05) is 0 Å². The topological polar surface area (TPSA) is 89.3 Å². The molecule has 1 saturated heterocycles. The standard InChI is InChI=1S/C20H15ClF3N5O2S/c1-19(2)17(31)28(13-5-14(20(22,23)24)16(7-25)27-9-13)18(32)29(19)12-4-3-11(8-26-10-30)15(21)6-12/h3-6,9-10H,8H2,1-2H3,(H,26,30). The lowest BCUT2D eigenvalue weighted by atomic mass is 10.0. The lowest BCUT2D eigenvalue weighted by Crippen LogP contribution is -2.44. The molecule has 1 aliphatic heterocycles. The quantitative estimate of drug-likeness (QED) is 0.516. The van der Waals surface area contributed by atoms with Crippen LogP contribution in [0.5, 0.6) is 0 Å². The number of carbonyl (C=O) groups excluding carboxylic acids is 2. The van der Waals surface area contributed by atoms with Gasteiger partial charge in [0, 0.05) is 17.3 Å². The Bertz CT molecular complexity index is 1160. The van der Waals surface area contributed by atoms with Crippen LogP contribution in [0.4, 0.5) is 24.5 Å². The summed E-state index contributed by atoms with van der Waals surface area (Å²) >= 11 is 11.7. The average molecular weight is 482 g/mol. The van der Waals surface area contributed by atoms with Crippen LogP contribution in [0.3, 0.4) is 0 Å².